The second-order valence-electron chi connectivity index (χ2n) is 14.2. The van der Waals surface area contributed by atoms with Gasteiger partial charge in [-0.25, -0.2) is 13.4 Å². The molecule has 4 rings (SSSR count). The average molecular weight is 706 g/mol. The largest absolute Gasteiger partial charge is 0.390 e. The number of rotatable bonds is 17. The topological polar surface area (TPSA) is 152 Å². The number of likely N-dealkylation sites (N-methyl/N-ethyl adjacent to an activating group) is 1. The molecule has 0 spiro atoms. The summed E-state index contributed by atoms with van der Waals surface area (Å²) in [5.74, 6) is -1.89. The Labute approximate surface area is 290 Å². The summed E-state index contributed by atoms with van der Waals surface area (Å²) in [4.78, 5) is 34.6. The SMILES string of the molecule is CC(C)C[C@H](O)[C@@H](O)[C@H](CC1CCCCC1)NC(=O)[C@H](Cc1cscn1)NC(=O)[C@H](Cc1ccccc1)CS(=O)(=O)N1CCN(C)CC1. The molecular weight excluding hydrogens is 651 g/mol. The zero-order valence-electron chi connectivity index (χ0n) is 28.7. The van der Waals surface area contributed by atoms with Gasteiger partial charge in [-0.2, -0.15) is 4.31 Å². The molecule has 1 saturated carbocycles. The number of nitrogens with one attached hydrogen (secondary N) is 2. The van der Waals surface area contributed by atoms with Crippen LogP contribution in [0.4, 0.5) is 0 Å². The number of nitrogens with zero attached hydrogens (tertiary/aromatic N) is 3. The summed E-state index contributed by atoms with van der Waals surface area (Å²) in [5, 5.41) is 29.9. The molecule has 0 unspecified atom stereocenters. The predicted octanol–water partition coefficient (Wildman–Crippen LogP) is 2.83. The van der Waals surface area contributed by atoms with Crippen molar-refractivity contribution >= 4 is 33.2 Å². The molecule has 2 amide bonds. The molecule has 2 aliphatic rings. The average Bonchev–Trinajstić information content (AvgIpc) is 3.57. The lowest BCUT2D eigenvalue weighted by molar-refractivity contribution is -0.132. The Hall–Kier alpha value is -2.42. The lowest BCUT2D eigenvalue weighted by Crippen LogP contribution is -2.57. The molecule has 1 saturated heterocycles. The summed E-state index contributed by atoms with van der Waals surface area (Å²) >= 11 is 1.38. The van der Waals surface area contributed by atoms with Crippen LogP contribution in [0.3, 0.4) is 0 Å². The van der Waals surface area contributed by atoms with Gasteiger partial charge in [-0.05, 0) is 43.7 Å². The molecule has 0 radical (unpaired) electrons. The van der Waals surface area contributed by atoms with Gasteiger partial charge in [0.25, 0.3) is 0 Å². The van der Waals surface area contributed by atoms with Gasteiger partial charge >= 0.3 is 0 Å². The maximum atomic E-state index is 14.1. The number of hydrogen-bond donors (Lipinski definition) is 4. The molecule has 1 aliphatic carbocycles. The van der Waals surface area contributed by atoms with Gasteiger partial charge < -0.3 is 25.7 Å². The maximum absolute atomic E-state index is 14.1. The highest BCUT2D eigenvalue weighted by Crippen LogP contribution is 2.29. The van der Waals surface area contributed by atoms with Crippen LogP contribution >= 0.6 is 11.3 Å². The molecule has 1 aromatic heterocycles. The van der Waals surface area contributed by atoms with Crippen LogP contribution in [-0.4, -0.2) is 108 Å². The molecule has 13 heteroatoms. The van der Waals surface area contributed by atoms with Gasteiger partial charge in [0, 0.05) is 38.0 Å². The van der Waals surface area contributed by atoms with E-state index in [-0.39, 0.29) is 24.5 Å². The van der Waals surface area contributed by atoms with E-state index in [1.54, 1.807) is 5.51 Å². The molecule has 11 nitrogen and oxygen atoms in total. The summed E-state index contributed by atoms with van der Waals surface area (Å²) in [6.07, 6.45) is 4.38. The number of aromatic nitrogens is 1. The van der Waals surface area contributed by atoms with Crippen molar-refractivity contribution < 1.29 is 28.2 Å². The van der Waals surface area contributed by atoms with E-state index in [9.17, 15) is 28.2 Å². The molecule has 4 N–H and O–H groups in total. The van der Waals surface area contributed by atoms with E-state index < -0.39 is 52.0 Å². The number of carbonyl (C=O) groups excluding carboxylic acids is 2. The van der Waals surface area contributed by atoms with Gasteiger partial charge in [-0.1, -0.05) is 76.3 Å². The standard InChI is InChI=1S/C35H55N5O6S2/c1-25(2)18-32(41)33(42)30(20-27-12-8-5-9-13-27)37-35(44)31(21-29-22-47-24-36-29)38-34(43)28(19-26-10-6-4-7-11-26)23-48(45,46)40-16-14-39(3)15-17-40/h4,6-7,10-11,22,24-25,27-28,30-33,41-42H,5,8-9,12-21,23H2,1-3H3,(H,37,44)(H,38,43)/t28-,30+,31+,32+,33+/m1/s1. The molecule has 5 atom stereocenters. The summed E-state index contributed by atoms with van der Waals surface area (Å²) in [6, 6.07) is 7.52. The highest BCUT2D eigenvalue weighted by Gasteiger charge is 2.36. The van der Waals surface area contributed by atoms with E-state index in [2.05, 4.69) is 20.5 Å². The van der Waals surface area contributed by atoms with Crippen molar-refractivity contribution in [1.82, 2.24) is 24.8 Å². The van der Waals surface area contributed by atoms with Gasteiger partial charge in [-0.3, -0.25) is 9.59 Å². The van der Waals surface area contributed by atoms with Gasteiger partial charge in [0.05, 0.1) is 35.0 Å². The van der Waals surface area contributed by atoms with Crippen LogP contribution in [0.15, 0.2) is 41.2 Å². The summed E-state index contributed by atoms with van der Waals surface area (Å²) in [7, 11) is -1.82. The first-order valence-corrected chi connectivity index (χ1v) is 20.0. The van der Waals surface area contributed by atoms with Crippen LogP contribution in [0.1, 0.15) is 70.1 Å². The minimum Gasteiger partial charge on any atom is -0.390 e. The van der Waals surface area contributed by atoms with Gasteiger partial charge in [0.1, 0.15) is 12.1 Å². The minimum atomic E-state index is -3.77. The Balaban J connectivity index is 1.56. The number of aliphatic hydroxyl groups is 2. The smallest absolute Gasteiger partial charge is 0.243 e. The molecule has 268 valence electrons. The fourth-order valence-corrected chi connectivity index (χ4v) is 9.12. The van der Waals surface area contributed by atoms with Crippen molar-refractivity contribution in [2.24, 2.45) is 17.8 Å². The molecular formula is C35H55N5O6S2. The number of amides is 2. The lowest BCUT2D eigenvalue weighted by Gasteiger charge is -2.34. The first-order valence-electron chi connectivity index (χ1n) is 17.5. The highest BCUT2D eigenvalue weighted by atomic mass is 32.2. The molecule has 2 aromatic rings. The van der Waals surface area contributed by atoms with E-state index in [1.165, 1.54) is 22.1 Å². The third kappa shape index (κ3) is 11.9. The van der Waals surface area contributed by atoms with E-state index in [4.69, 9.17) is 0 Å². The van der Waals surface area contributed by atoms with Crippen LogP contribution in [0.25, 0.3) is 0 Å². The fraction of sp³-hybridized carbons (Fsp3) is 0.686. The summed E-state index contributed by atoms with van der Waals surface area (Å²) < 4.78 is 28.7. The Kier molecular flexibility index (Phi) is 14.8. The summed E-state index contributed by atoms with van der Waals surface area (Å²) in [5.41, 5.74) is 3.10. The van der Waals surface area contributed by atoms with E-state index in [1.807, 2.05) is 56.6 Å². The highest BCUT2D eigenvalue weighted by molar-refractivity contribution is 7.89. The lowest BCUT2D eigenvalue weighted by atomic mass is 9.82. The van der Waals surface area contributed by atoms with Crippen LogP contribution in [-0.2, 0) is 32.5 Å². The van der Waals surface area contributed by atoms with Gasteiger partial charge in [0.2, 0.25) is 21.8 Å². The van der Waals surface area contributed by atoms with Crippen LogP contribution in [0, 0.1) is 17.8 Å². The van der Waals surface area contributed by atoms with E-state index >= 15 is 0 Å². The second kappa shape index (κ2) is 18.5. The number of hydrogen-bond acceptors (Lipinski definition) is 9. The number of thiazole rings is 1. The molecule has 0 bridgehead atoms. The molecule has 2 heterocycles. The van der Waals surface area contributed by atoms with Crippen LogP contribution in [0.5, 0.6) is 0 Å². The Morgan fingerprint density at radius 1 is 0.979 bits per heavy atom. The second-order valence-corrected chi connectivity index (χ2v) is 16.9. The van der Waals surface area contributed by atoms with Crippen molar-refractivity contribution in [3.63, 3.8) is 0 Å². The minimum absolute atomic E-state index is 0.102. The molecule has 1 aliphatic heterocycles. The van der Waals surface area contributed by atoms with Crippen molar-refractivity contribution in [1.29, 1.82) is 0 Å². The first kappa shape index (κ1) is 38.4. The first-order chi connectivity index (χ1) is 22.9. The third-order valence-electron chi connectivity index (χ3n) is 9.65. The van der Waals surface area contributed by atoms with Crippen molar-refractivity contribution in [3.05, 3.63) is 52.5 Å². The Bertz CT molecular complexity index is 1360. The monoisotopic (exact) mass is 705 g/mol. The van der Waals surface area contributed by atoms with Crippen molar-refractivity contribution in [3.8, 4) is 0 Å². The maximum Gasteiger partial charge on any atom is 0.243 e. The van der Waals surface area contributed by atoms with Crippen LogP contribution in [0.2, 0.25) is 0 Å². The quantitative estimate of drug-likeness (QED) is 0.196. The van der Waals surface area contributed by atoms with E-state index in [0.717, 1.165) is 31.2 Å². The predicted molar refractivity (Wildman–Crippen MR) is 189 cm³/mol. The number of aliphatic hydroxyl groups excluding tert-OH is 2. The molecule has 2 fully saturated rings. The number of piperazine rings is 1. The van der Waals surface area contributed by atoms with E-state index in [0.29, 0.717) is 50.6 Å². The zero-order chi connectivity index (χ0) is 34.7. The third-order valence-corrected chi connectivity index (χ3v) is 12.3. The Morgan fingerprint density at radius 2 is 1.67 bits per heavy atom. The number of sulfonamides is 1. The van der Waals surface area contributed by atoms with Crippen LogP contribution < -0.4 is 10.6 Å². The normalized spacial score (nSPS) is 20.1. The van der Waals surface area contributed by atoms with Gasteiger partial charge in [-0.15, -0.1) is 11.3 Å². The van der Waals surface area contributed by atoms with Gasteiger partial charge in [0.15, 0.2) is 0 Å². The fourth-order valence-electron chi connectivity index (χ4n) is 6.84. The Morgan fingerprint density at radius 3 is 2.29 bits per heavy atom. The number of carbonyl (C=O) groups is 2. The van der Waals surface area contributed by atoms with Crippen molar-refractivity contribution in [2.45, 2.75) is 95.9 Å². The summed E-state index contributed by atoms with van der Waals surface area (Å²) in [6.45, 7) is 5.90. The molecule has 48 heavy (non-hydrogen) atoms. The van der Waals surface area contributed by atoms with Crippen molar-refractivity contribution in [2.75, 3.05) is 39.0 Å². The molecule has 1 aromatic carbocycles. The number of benzene rings is 1. The zero-order valence-corrected chi connectivity index (χ0v) is 30.3.